The number of hydrogen-bond donors (Lipinski definition) is 1. The summed E-state index contributed by atoms with van der Waals surface area (Å²) in [6.45, 7) is 0. The molecule has 0 spiro atoms. The molecule has 3 nitrogen and oxygen atoms in total. The van der Waals surface area contributed by atoms with Crippen molar-refractivity contribution in [2.75, 3.05) is 0 Å². The van der Waals surface area contributed by atoms with Crippen molar-refractivity contribution in [2.45, 2.75) is 18.9 Å². The van der Waals surface area contributed by atoms with Gasteiger partial charge in [-0.15, -0.1) is 0 Å². The van der Waals surface area contributed by atoms with E-state index in [4.69, 9.17) is 14.4 Å². The van der Waals surface area contributed by atoms with Crippen LogP contribution in [0, 0.1) is 0 Å². The van der Waals surface area contributed by atoms with Crippen molar-refractivity contribution in [3.8, 4) is 11.5 Å². The molecule has 4 heteroatoms. The fourth-order valence-electron chi connectivity index (χ4n) is 1.04. The van der Waals surface area contributed by atoms with Crippen LogP contribution in [0.4, 0.5) is 0 Å². The van der Waals surface area contributed by atoms with Crippen molar-refractivity contribution >= 4 is 7.69 Å². The number of hydrogen-bond acceptors (Lipinski definition) is 3. The van der Waals surface area contributed by atoms with E-state index >= 15 is 0 Å². The Morgan fingerprint density at radius 2 is 1.77 bits per heavy atom. The maximum Gasteiger partial charge on any atom is 0.569 e. The van der Waals surface area contributed by atoms with Gasteiger partial charge in [0.05, 0.1) is 6.10 Å². The van der Waals surface area contributed by atoms with Crippen LogP contribution in [-0.2, 0) is 0 Å². The van der Waals surface area contributed by atoms with Crippen molar-refractivity contribution in [1.82, 2.24) is 0 Å². The largest absolute Gasteiger partial charge is 0.569 e. The van der Waals surface area contributed by atoms with E-state index in [2.05, 4.69) is 0 Å². The van der Waals surface area contributed by atoms with Crippen molar-refractivity contribution in [3.63, 3.8) is 0 Å². The van der Waals surface area contributed by atoms with Gasteiger partial charge < -0.3 is 14.4 Å². The maximum absolute atomic E-state index is 8.37. The Labute approximate surface area is 77.6 Å². The van der Waals surface area contributed by atoms with E-state index in [0.29, 0.717) is 19.5 Å². The lowest BCUT2D eigenvalue weighted by Gasteiger charge is -2.05. The van der Waals surface area contributed by atoms with Gasteiger partial charge >= 0.3 is 7.69 Å². The van der Waals surface area contributed by atoms with Gasteiger partial charge in [0.1, 0.15) is 11.5 Å². The molecule has 1 radical (unpaired) electrons. The summed E-state index contributed by atoms with van der Waals surface area (Å²) in [5.41, 5.74) is 0. The Hall–Kier alpha value is -1.16. The molecular weight excluding hydrogens is 167 g/mol. The van der Waals surface area contributed by atoms with Crippen LogP contribution in [0.15, 0.2) is 24.3 Å². The zero-order chi connectivity index (χ0) is 9.10. The lowest BCUT2D eigenvalue weighted by Crippen LogP contribution is -2.00. The van der Waals surface area contributed by atoms with Crippen LogP contribution in [0.3, 0.4) is 0 Å². The van der Waals surface area contributed by atoms with Crippen LogP contribution in [0.2, 0.25) is 0 Å². The average Bonchev–Trinajstić information content (AvgIpc) is 2.93. The lowest BCUT2D eigenvalue weighted by atomic mass is 10.3. The Morgan fingerprint density at radius 1 is 1.15 bits per heavy atom. The summed E-state index contributed by atoms with van der Waals surface area (Å²) in [4.78, 5) is 0. The van der Waals surface area contributed by atoms with E-state index in [0.717, 1.165) is 18.6 Å². The highest BCUT2D eigenvalue weighted by Crippen LogP contribution is 2.27. The fraction of sp³-hybridized carbons (Fsp3) is 0.333. The SMILES string of the molecule is O[B]Oc1ccc(OC2CC2)cc1. The summed E-state index contributed by atoms with van der Waals surface area (Å²) in [5.74, 6) is 1.46. The zero-order valence-corrected chi connectivity index (χ0v) is 7.14. The molecule has 0 bridgehead atoms. The summed E-state index contributed by atoms with van der Waals surface area (Å²) in [5, 5.41) is 8.37. The Balaban J connectivity index is 1.95. The van der Waals surface area contributed by atoms with Gasteiger partial charge in [-0.05, 0) is 37.1 Å². The van der Waals surface area contributed by atoms with Crippen LogP contribution in [0.1, 0.15) is 12.8 Å². The van der Waals surface area contributed by atoms with Crippen molar-refractivity contribution in [3.05, 3.63) is 24.3 Å². The molecule has 0 heterocycles. The smallest absolute Gasteiger partial charge is 0.537 e. The highest BCUT2D eigenvalue weighted by Gasteiger charge is 2.23. The third kappa shape index (κ3) is 2.39. The molecule has 1 saturated carbocycles. The summed E-state index contributed by atoms with van der Waals surface area (Å²) < 4.78 is 10.3. The second kappa shape index (κ2) is 3.70. The van der Waals surface area contributed by atoms with Gasteiger partial charge in [0, 0.05) is 0 Å². The van der Waals surface area contributed by atoms with Crippen LogP contribution >= 0.6 is 0 Å². The molecule has 0 unspecified atom stereocenters. The Morgan fingerprint density at radius 3 is 2.31 bits per heavy atom. The maximum atomic E-state index is 8.37. The van der Waals surface area contributed by atoms with E-state index in [1.165, 1.54) is 0 Å². The number of ether oxygens (including phenoxy) is 1. The summed E-state index contributed by atoms with van der Waals surface area (Å²) in [6.07, 6.45) is 2.72. The predicted octanol–water partition coefficient (Wildman–Crippen LogP) is 1.13. The second-order valence-corrected chi connectivity index (χ2v) is 3.01. The second-order valence-electron chi connectivity index (χ2n) is 3.01. The molecule has 1 N–H and O–H groups in total. The van der Waals surface area contributed by atoms with E-state index in [1.54, 1.807) is 12.1 Å². The average molecular weight is 177 g/mol. The first-order valence-electron chi connectivity index (χ1n) is 4.28. The molecule has 1 aliphatic carbocycles. The van der Waals surface area contributed by atoms with Crippen molar-refractivity contribution in [2.24, 2.45) is 0 Å². The van der Waals surface area contributed by atoms with Crippen LogP contribution in [0.25, 0.3) is 0 Å². The summed E-state index contributed by atoms with van der Waals surface area (Å²) >= 11 is 0. The molecule has 13 heavy (non-hydrogen) atoms. The molecule has 1 fully saturated rings. The zero-order valence-electron chi connectivity index (χ0n) is 7.14. The van der Waals surface area contributed by atoms with Crippen molar-refractivity contribution in [1.29, 1.82) is 0 Å². The normalized spacial score (nSPS) is 15.2. The van der Waals surface area contributed by atoms with E-state index in [1.807, 2.05) is 12.1 Å². The molecule has 67 valence electrons. The first-order valence-corrected chi connectivity index (χ1v) is 4.28. The molecule has 1 aromatic carbocycles. The van der Waals surface area contributed by atoms with Crippen molar-refractivity contribution < 1.29 is 14.4 Å². The molecule has 0 saturated heterocycles. The molecule has 2 rings (SSSR count). The molecule has 0 amide bonds. The first kappa shape index (κ1) is 8.44. The highest BCUT2D eigenvalue weighted by atomic mass is 16.5. The molecule has 1 aliphatic rings. The van der Waals surface area contributed by atoms with Gasteiger partial charge in [0.15, 0.2) is 0 Å². The molecule has 0 atom stereocenters. The minimum absolute atomic E-state index is 0.413. The number of rotatable bonds is 4. The first-order chi connectivity index (χ1) is 6.38. The van der Waals surface area contributed by atoms with Crippen LogP contribution in [-0.4, -0.2) is 18.8 Å². The van der Waals surface area contributed by atoms with Gasteiger partial charge in [-0.2, -0.15) is 0 Å². The van der Waals surface area contributed by atoms with Crippen LogP contribution < -0.4 is 9.39 Å². The van der Waals surface area contributed by atoms with Gasteiger partial charge in [0.25, 0.3) is 0 Å². The third-order valence-corrected chi connectivity index (χ3v) is 1.84. The molecule has 1 aromatic rings. The molecule has 0 aromatic heterocycles. The minimum Gasteiger partial charge on any atom is -0.537 e. The van der Waals surface area contributed by atoms with Gasteiger partial charge in [0.2, 0.25) is 0 Å². The molecular formula is C9H10BO3. The highest BCUT2D eigenvalue weighted by molar-refractivity contribution is 6.17. The Kier molecular flexibility index (Phi) is 2.41. The lowest BCUT2D eigenvalue weighted by molar-refractivity contribution is 0.303. The van der Waals surface area contributed by atoms with Gasteiger partial charge in [-0.1, -0.05) is 0 Å². The van der Waals surface area contributed by atoms with E-state index in [-0.39, 0.29) is 0 Å². The van der Waals surface area contributed by atoms with Crippen LogP contribution in [0.5, 0.6) is 11.5 Å². The Bertz CT molecular complexity index is 269. The molecule has 0 aliphatic heterocycles. The number of benzene rings is 1. The monoisotopic (exact) mass is 177 g/mol. The van der Waals surface area contributed by atoms with E-state index in [9.17, 15) is 0 Å². The summed E-state index contributed by atoms with van der Waals surface area (Å²) in [6, 6.07) is 7.17. The van der Waals surface area contributed by atoms with E-state index < -0.39 is 0 Å². The van der Waals surface area contributed by atoms with Gasteiger partial charge in [-0.3, -0.25) is 0 Å². The topological polar surface area (TPSA) is 38.7 Å². The fourth-order valence-corrected chi connectivity index (χ4v) is 1.04. The quantitative estimate of drug-likeness (QED) is 0.700. The summed E-state index contributed by atoms with van der Waals surface area (Å²) in [7, 11) is 0.663. The third-order valence-electron chi connectivity index (χ3n) is 1.84. The minimum atomic E-state index is 0.413. The van der Waals surface area contributed by atoms with Gasteiger partial charge in [-0.25, -0.2) is 0 Å². The predicted molar refractivity (Wildman–Crippen MR) is 48.7 cm³/mol. The standard InChI is InChI=1S/C9H10BO3/c11-10-13-9-5-3-8(4-6-9)12-7-1-2-7/h3-7,11H,1-2H2.